The largest absolute Gasteiger partial charge is 0.496 e. The number of methoxy groups -OCH3 is 2. The van der Waals surface area contributed by atoms with E-state index in [0.717, 1.165) is 39.6 Å². The molecule has 2 amide bonds. The topological polar surface area (TPSA) is 110 Å². The predicted molar refractivity (Wildman–Crippen MR) is 192 cm³/mol. The number of nitrogens with one attached hydrogen (secondary N) is 3. The average Bonchev–Trinajstić information content (AvgIpc) is 3.44. The maximum Gasteiger partial charge on any atom is 0.268 e. The van der Waals surface area contributed by atoms with E-state index in [4.69, 9.17) is 9.47 Å². The summed E-state index contributed by atoms with van der Waals surface area (Å²) in [6.45, 7) is 14.1. The maximum atomic E-state index is 14.2. The predicted octanol–water partition coefficient (Wildman–Crippen LogP) is 7.22. The molecule has 0 unspecified atom stereocenters. The third-order valence-corrected chi connectivity index (χ3v) is 9.42. The van der Waals surface area contributed by atoms with E-state index < -0.39 is 16.9 Å². The van der Waals surface area contributed by atoms with Gasteiger partial charge in [-0.15, -0.1) is 6.58 Å². The summed E-state index contributed by atoms with van der Waals surface area (Å²) in [5, 5.41) is 7.02. The fourth-order valence-electron chi connectivity index (χ4n) is 6.67. The van der Waals surface area contributed by atoms with Gasteiger partial charge in [-0.25, -0.2) is 0 Å². The van der Waals surface area contributed by atoms with Gasteiger partial charge in [-0.1, -0.05) is 81.0 Å². The second kappa shape index (κ2) is 13.6. The van der Waals surface area contributed by atoms with Crippen molar-refractivity contribution in [2.45, 2.75) is 58.4 Å². The van der Waals surface area contributed by atoms with Crippen LogP contribution in [0.15, 0.2) is 78.6 Å². The van der Waals surface area contributed by atoms with E-state index >= 15 is 0 Å². The summed E-state index contributed by atoms with van der Waals surface area (Å²) in [4.78, 5) is 44.0. The normalized spacial score (nSPS) is 21.8. The molecule has 2 heterocycles. The Morgan fingerprint density at radius 3 is 2.50 bits per heavy atom. The Morgan fingerprint density at radius 2 is 1.83 bits per heavy atom. The van der Waals surface area contributed by atoms with Crippen LogP contribution in [0.25, 0.3) is 23.1 Å². The molecule has 8 heteroatoms. The fraction of sp³-hybridized carbons (Fsp3) is 0.325. The van der Waals surface area contributed by atoms with Crippen LogP contribution in [0.4, 0.5) is 0 Å². The van der Waals surface area contributed by atoms with Crippen LogP contribution in [0.5, 0.6) is 11.5 Å². The molecule has 3 aromatic rings. The lowest BCUT2D eigenvalue weighted by Crippen LogP contribution is -2.68. The molecule has 2 aromatic carbocycles. The van der Waals surface area contributed by atoms with Gasteiger partial charge in [-0.3, -0.25) is 14.4 Å². The van der Waals surface area contributed by atoms with Crippen molar-refractivity contribution in [3.8, 4) is 11.5 Å². The minimum absolute atomic E-state index is 0.0365. The molecule has 3 atom stereocenters. The quantitative estimate of drug-likeness (QED) is 0.122. The highest BCUT2D eigenvalue weighted by Crippen LogP contribution is 2.40. The summed E-state index contributed by atoms with van der Waals surface area (Å²) < 4.78 is 11.4. The number of ether oxygens (including phenoxy) is 2. The number of allylic oxidation sites excluding steroid dienone is 4. The number of benzene rings is 2. The SMILES string of the molecule is C=CC(C)(C)c1[nH]c2ccccc2c1/C=C1\NC(=O)[C@@]2(C[C@@H](C)C=C[C@H]2/C=C/c2c(OC)cc(CC=C(C)C)c(OC)c2C=O)NC1=O. The van der Waals surface area contributed by atoms with Crippen molar-refractivity contribution in [2.75, 3.05) is 14.2 Å². The number of hydrogen-bond donors (Lipinski definition) is 3. The number of aromatic nitrogens is 1. The van der Waals surface area contributed by atoms with E-state index in [1.165, 1.54) is 0 Å². The summed E-state index contributed by atoms with van der Waals surface area (Å²) in [6, 6.07) is 9.75. The number of H-pyrrole nitrogens is 1. The van der Waals surface area contributed by atoms with Crippen molar-refractivity contribution < 1.29 is 23.9 Å². The molecule has 250 valence electrons. The first-order chi connectivity index (χ1) is 22.9. The molecule has 3 N–H and O–H groups in total. The first kappa shape index (κ1) is 34.2. The third kappa shape index (κ3) is 6.27. The molecule has 1 aliphatic carbocycles. The van der Waals surface area contributed by atoms with Gasteiger partial charge in [0.25, 0.3) is 11.8 Å². The highest BCUT2D eigenvalue weighted by Gasteiger charge is 2.51. The number of rotatable bonds is 10. The second-order valence-corrected chi connectivity index (χ2v) is 13.5. The van der Waals surface area contributed by atoms with E-state index in [1.807, 2.05) is 89.3 Å². The molecule has 0 bridgehead atoms. The average molecular weight is 648 g/mol. The molecular formula is C40H45N3O5. The third-order valence-electron chi connectivity index (χ3n) is 9.42. The highest BCUT2D eigenvalue weighted by molar-refractivity contribution is 6.10. The Balaban J connectivity index is 1.54. The van der Waals surface area contributed by atoms with Gasteiger partial charge in [0.1, 0.15) is 22.7 Å². The molecular weight excluding hydrogens is 602 g/mol. The Kier molecular flexibility index (Phi) is 9.66. The van der Waals surface area contributed by atoms with E-state index in [2.05, 4.69) is 28.3 Å². The van der Waals surface area contributed by atoms with E-state index in [-0.39, 0.29) is 23.4 Å². The van der Waals surface area contributed by atoms with Gasteiger partial charge in [-0.05, 0) is 50.8 Å². The van der Waals surface area contributed by atoms with Crippen LogP contribution in [0.2, 0.25) is 0 Å². The van der Waals surface area contributed by atoms with Crippen LogP contribution in [0, 0.1) is 11.8 Å². The number of aldehydes is 1. The van der Waals surface area contributed by atoms with E-state index in [9.17, 15) is 14.4 Å². The molecule has 2 aliphatic rings. The van der Waals surface area contributed by atoms with Crippen molar-refractivity contribution >= 4 is 41.2 Å². The Bertz CT molecular complexity index is 1900. The molecule has 1 saturated heterocycles. The summed E-state index contributed by atoms with van der Waals surface area (Å²) in [6.07, 6.45) is 15.0. The van der Waals surface area contributed by atoms with Crippen LogP contribution < -0.4 is 20.1 Å². The van der Waals surface area contributed by atoms with Crippen molar-refractivity contribution in [1.82, 2.24) is 15.6 Å². The summed E-state index contributed by atoms with van der Waals surface area (Å²) in [7, 11) is 3.10. The van der Waals surface area contributed by atoms with Crippen LogP contribution >= 0.6 is 0 Å². The van der Waals surface area contributed by atoms with Crippen molar-refractivity contribution in [3.63, 3.8) is 0 Å². The van der Waals surface area contributed by atoms with Crippen molar-refractivity contribution in [2.24, 2.45) is 11.8 Å². The number of para-hydroxylation sites is 1. The Labute approximate surface area is 282 Å². The van der Waals surface area contributed by atoms with Crippen LogP contribution in [-0.4, -0.2) is 42.8 Å². The number of fused-ring (bicyclic) bond motifs is 1. The van der Waals surface area contributed by atoms with Gasteiger partial charge < -0.3 is 25.1 Å². The zero-order chi connectivity index (χ0) is 34.8. The lowest BCUT2D eigenvalue weighted by atomic mass is 9.71. The fourth-order valence-corrected chi connectivity index (χ4v) is 6.67. The number of carbonyl (C=O) groups is 3. The zero-order valence-corrected chi connectivity index (χ0v) is 28.8. The lowest BCUT2D eigenvalue weighted by molar-refractivity contribution is -0.138. The standard InChI is InChI=1S/C40H45N3O5/c1-9-39(5,6)36-30(28-12-10-11-13-32(28)41-36)21-33-37(45)43-40(38(46)42-33)22-25(4)15-17-27(40)18-19-29-31(23-44)35(48-8)26(16-14-24(2)3)20-34(29)47-7/h9-15,17-21,23,25,27,41H,1,16,22H2,2-8H3,(H,42,46)(H,43,45)/b19-18+,33-21-/t25-,27-,40-/m0/s1. The van der Waals surface area contributed by atoms with Crippen LogP contribution in [0.1, 0.15) is 73.8 Å². The van der Waals surface area contributed by atoms with Crippen molar-refractivity contribution in [3.05, 3.63) is 107 Å². The summed E-state index contributed by atoms with van der Waals surface area (Å²) >= 11 is 0. The van der Waals surface area contributed by atoms with Gasteiger partial charge in [0, 0.05) is 44.6 Å². The molecule has 1 aliphatic heterocycles. The molecule has 8 nitrogen and oxygen atoms in total. The van der Waals surface area contributed by atoms with E-state index in [1.54, 1.807) is 26.4 Å². The molecule has 0 saturated carbocycles. The molecule has 0 radical (unpaired) electrons. The number of aromatic amines is 1. The molecule has 48 heavy (non-hydrogen) atoms. The number of carbonyl (C=O) groups excluding carboxylic acids is 3. The van der Waals surface area contributed by atoms with Gasteiger partial charge in [0.2, 0.25) is 0 Å². The minimum Gasteiger partial charge on any atom is -0.496 e. The van der Waals surface area contributed by atoms with Crippen LogP contribution in [0.3, 0.4) is 0 Å². The molecule has 1 fully saturated rings. The number of piperazine rings is 1. The monoisotopic (exact) mass is 647 g/mol. The number of amides is 2. The number of hydrogen-bond acceptors (Lipinski definition) is 5. The zero-order valence-electron chi connectivity index (χ0n) is 28.8. The first-order valence-electron chi connectivity index (χ1n) is 16.2. The summed E-state index contributed by atoms with van der Waals surface area (Å²) in [5.41, 5.74) is 4.00. The van der Waals surface area contributed by atoms with E-state index in [0.29, 0.717) is 35.5 Å². The van der Waals surface area contributed by atoms with Gasteiger partial charge >= 0.3 is 0 Å². The minimum atomic E-state index is -1.25. The van der Waals surface area contributed by atoms with Gasteiger partial charge in [-0.2, -0.15) is 0 Å². The van der Waals surface area contributed by atoms with Crippen molar-refractivity contribution in [1.29, 1.82) is 0 Å². The van der Waals surface area contributed by atoms with Gasteiger partial charge in [0.15, 0.2) is 6.29 Å². The maximum absolute atomic E-state index is 14.2. The van der Waals surface area contributed by atoms with Crippen LogP contribution in [-0.2, 0) is 21.4 Å². The first-order valence-corrected chi connectivity index (χ1v) is 16.2. The molecule has 1 spiro atoms. The Hall–Kier alpha value is -5.11. The second-order valence-electron chi connectivity index (χ2n) is 13.5. The summed E-state index contributed by atoms with van der Waals surface area (Å²) in [5.74, 6) is -0.175. The van der Waals surface area contributed by atoms with Gasteiger partial charge in [0.05, 0.1) is 19.8 Å². The molecule has 1 aromatic heterocycles. The highest BCUT2D eigenvalue weighted by atomic mass is 16.5. The lowest BCUT2D eigenvalue weighted by Gasteiger charge is -2.44. The smallest absolute Gasteiger partial charge is 0.268 e. The Morgan fingerprint density at radius 1 is 1.08 bits per heavy atom. The molecule has 5 rings (SSSR count).